The van der Waals surface area contributed by atoms with Gasteiger partial charge >= 0.3 is 0 Å². The molecule has 68 valence electrons. The lowest BCUT2D eigenvalue weighted by Crippen LogP contribution is -1.94. The van der Waals surface area contributed by atoms with Gasteiger partial charge in [0.1, 0.15) is 0 Å². The fourth-order valence-corrected chi connectivity index (χ4v) is 1.78. The lowest BCUT2D eigenvalue weighted by molar-refractivity contribution is -0.385. The minimum absolute atomic E-state index is 0.162. The zero-order chi connectivity index (χ0) is 9.42. The van der Waals surface area contributed by atoms with Crippen LogP contribution in [0.3, 0.4) is 0 Å². The summed E-state index contributed by atoms with van der Waals surface area (Å²) in [6, 6.07) is 4.84. The molecular formula is C9H8ClNO2. The summed E-state index contributed by atoms with van der Waals surface area (Å²) in [6.07, 6.45) is 2.04. The highest BCUT2D eigenvalue weighted by atomic mass is 35.5. The van der Waals surface area contributed by atoms with E-state index in [0.29, 0.717) is 16.5 Å². The van der Waals surface area contributed by atoms with E-state index in [1.807, 2.05) is 0 Å². The van der Waals surface area contributed by atoms with Gasteiger partial charge in [-0.15, -0.1) is 0 Å². The van der Waals surface area contributed by atoms with Crippen LogP contribution in [0.1, 0.15) is 24.3 Å². The van der Waals surface area contributed by atoms with Crippen molar-refractivity contribution in [3.8, 4) is 0 Å². The minimum atomic E-state index is -0.362. The van der Waals surface area contributed by atoms with Crippen molar-refractivity contribution in [1.29, 1.82) is 0 Å². The second-order valence-electron chi connectivity index (χ2n) is 3.20. The Morgan fingerprint density at radius 2 is 2.15 bits per heavy atom. The molecular weight excluding hydrogens is 190 g/mol. The van der Waals surface area contributed by atoms with E-state index in [4.69, 9.17) is 11.6 Å². The summed E-state index contributed by atoms with van der Waals surface area (Å²) in [7, 11) is 0. The summed E-state index contributed by atoms with van der Waals surface area (Å²) in [4.78, 5) is 10.3. The number of hydrogen-bond donors (Lipinski definition) is 0. The Balaban J connectivity index is 2.53. The topological polar surface area (TPSA) is 43.1 Å². The first-order chi connectivity index (χ1) is 6.20. The summed E-state index contributed by atoms with van der Waals surface area (Å²) in [5, 5.41) is 11.2. The van der Waals surface area contributed by atoms with Crippen molar-refractivity contribution in [2.24, 2.45) is 0 Å². The molecule has 0 spiro atoms. The van der Waals surface area contributed by atoms with Crippen molar-refractivity contribution in [2.45, 2.75) is 18.8 Å². The first kappa shape index (κ1) is 8.51. The van der Waals surface area contributed by atoms with Gasteiger partial charge in [-0.2, -0.15) is 0 Å². The van der Waals surface area contributed by atoms with Crippen molar-refractivity contribution in [1.82, 2.24) is 0 Å². The maximum Gasteiger partial charge on any atom is 0.274 e. The monoisotopic (exact) mass is 197 g/mol. The Labute approximate surface area is 80.5 Å². The first-order valence-corrected chi connectivity index (χ1v) is 4.50. The summed E-state index contributed by atoms with van der Waals surface area (Å²) in [5.41, 5.74) is 0.879. The molecule has 0 saturated heterocycles. The van der Waals surface area contributed by atoms with Gasteiger partial charge in [-0.05, 0) is 24.8 Å². The van der Waals surface area contributed by atoms with Crippen LogP contribution < -0.4 is 0 Å². The average Bonchev–Trinajstić information content (AvgIpc) is 2.86. The average molecular weight is 198 g/mol. The summed E-state index contributed by atoms with van der Waals surface area (Å²) in [6.45, 7) is 0. The summed E-state index contributed by atoms with van der Waals surface area (Å²) < 4.78 is 0. The number of rotatable bonds is 2. The summed E-state index contributed by atoms with van der Waals surface area (Å²) in [5.74, 6) is 0.314. The van der Waals surface area contributed by atoms with Crippen LogP contribution in [-0.2, 0) is 0 Å². The zero-order valence-electron chi connectivity index (χ0n) is 6.87. The van der Waals surface area contributed by atoms with E-state index in [2.05, 4.69) is 0 Å². The second kappa shape index (κ2) is 3.00. The molecule has 2 rings (SSSR count). The van der Waals surface area contributed by atoms with Crippen LogP contribution in [0.4, 0.5) is 5.69 Å². The lowest BCUT2D eigenvalue weighted by atomic mass is 10.1. The van der Waals surface area contributed by atoms with E-state index in [0.717, 1.165) is 12.8 Å². The number of nitro benzene ring substituents is 1. The van der Waals surface area contributed by atoms with Gasteiger partial charge in [-0.25, -0.2) is 0 Å². The van der Waals surface area contributed by atoms with Gasteiger partial charge in [-0.3, -0.25) is 10.1 Å². The maximum atomic E-state index is 10.7. The molecule has 1 aromatic carbocycles. The van der Waals surface area contributed by atoms with Gasteiger partial charge in [0, 0.05) is 6.07 Å². The van der Waals surface area contributed by atoms with Gasteiger partial charge in [-0.1, -0.05) is 17.7 Å². The molecule has 0 atom stereocenters. The van der Waals surface area contributed by atoms with E-state index in [9.17, 15) is 10.1 Å². The number of nitro groups is 1. The highest BCUT2D eigenvalue weighted by molar-refractivity contribution is 6.31. The van der Waals surface area contributed by atoms with E-state index in [1.54, 1.807) is 12.1 Å². The molecule has 1 saturated carbocycles. The molecule has 3 nitrogen and oxygen atoms in total. The van der Waals surface area contributed by atoms with Gasteiger partial charge in [0.25, 0.3) is 5.69 Å². The number of halogens is 1. The number of benzene rings is 1. The molecule has 4 heteroatoms. The molecule has 0 N–H and O–H groups in total. The molecule has 1 fully saturated rings. The van der Waals surface area contributed by atoms with Crippen LogP contribution in [0.2, 0.25) is 5.02 Å². The van der Waals surface area contributed by atoms with Crippen molar-refractivity contribution in [3.63, 3.8) is 0 Å². The minimum Gasteiger partial charge on any atom is -0.258 e. The molecule has 1 aromatic rings. The quantitative estimate of drug-likeness (QED) is 0.540. The van der Waals surface area contributed by atoms with Crippen LogP contribution >= 0.6 is 11.6 Å². The maximum absolute atomic E-state index is 10.7. The molecule has 0 heterocycles. The van der Waals surface area contributed by atoms with Crippen LogP contribution in [0.25, 0.3) is 0 Å². The molecule has 1 aliphatic carbocycles. The third-order valence-electron chi connectivity index (χ3n) is 2.21. The molecule has 13 heavy (non-hydrogen) atoms. The molecule has 0 bridgehead atoms. The van der Waals surface area contributed by atoms with Crippen molar-refractivity contribution < 1.29 is 4.92 Å². The van der Waals surface area contributed by atoms with Gasteiger partial charge in [0.05, 0.1) is 15.5 Å². The molecule has 0 aromatic heterocycles. The Morgan fingerprint density at radius 3 is 2.69 bits per heavy atom. The van der Waals surface area contributed by atoms with Crippen LogP contribution in [-0.4, -0.2) is 4.92 Å². The Kier molecular flexibility index (Phi) is 1.96. The van der Waals surface area contributed by atoms with Crippen molar-refractivity contribution in [2.75, 3.05) is 0 Å². The number of hydrogen-bond acceptors (Lipinski definition) is 2. The first-order valence-electron chi connectivity index (χ1n) is 4.13. The SMILES string of the molecule is O=[N+]([O-])c1cccc(Cl)c1C1CC1. The zero-order valence-corrected chi connectivity index (χ0v) is 7.62. The molecule has 0 amide bonds. The van der Waals surface area contributed by atoms with Crippen molar-refractivity contribution >= 4 is 17.3 Å². The lowest BCUT2D eigenvalue weighted by Gasteiger charge is -2.02. The van der Waals surface area contributed by atoms with E-state index in [1.165, 1.54) is 6.07 Å². The normalized spacial score (nSPS) is 15.8. The van der Waals surface area contributed by atoms with E-state index in [-0.39, 0.29) is 10.6 Å². The molecule has 0 unspecified atom stereocenters. The Morgan fingerprint density at radius 1 is 1.46 bits per heavy atom. The highest BCUT2D eigenvalue weighted by Crippen LogP contribution is 2.47. The highest BCUT2D eigenvalue weighted by Gasteiger charge is 2.32. The third-order valence-corrected chi connectivity index (χ3v) is 2.54. The standard InChI is InChI=1S/C9H8ClNO2/c10-7-2-1-3-8(11(12)13)9(7)6-4-5-6/h1-3,6H,4-5H2. The van der Waals surface area contributed by atoms with Crippen LogP contribution in [0, 0.1) is 10.1 Å². The largest absolute Gasteiger partial charge is 0.274 e. The van der Waals surface area contributed by atoms with Gasteiger partial charge < -0.3 is 0 Å². The van der Waals surface area contributed by atoms with Gasteiger partial charge in [0.2, 0.25) is 0 Å². The molecule has 0 radical (unpaired) electrons. The third kappa shape index (κ3) is 1.52. The number of nitrogens with zero attached hydrogens (tertiary/aromatic N) is 1. The Hall–Kier alpha value is -1.09. The predicted molar refractivity (Wildman–Crippen MR) is 50.1 cm³/mol. The summed E-state index contributed by atoms with van der Waals surface area (Å²) >= 11 is 5.90. The fourth-order valence-electron chi connectivity index (χ4n) is 1.46. The van der Waals surface area contributed by atoms with Gasteiger partial charge in [0.15, 0.2) is 0 Å². The molecule has 0 aliphatic heterocycles. The van der Waals surface area contributed by atoms with Crippen LogP contribution in [0.15, 0.2) is 18.2 Å². The smallest absolute Gasteiger partial charge is 0.258 e. The van der Waals surface area contributed by atoms with E-state index < -0.39 is 0 Å². The van der Waals surface area contributed by atoms with Crippen LogP contribution in [0.5, 0.6) is 0 Å². The predicted octanol–water partition coefficient (Wildman–Crippen LogP) is 3.13. The fraction of sp³-hybridized carbons (Fsp3) is 0.333. The van der Waals surface area contributed by atoms with E-state index >= 15 is 0 Å². The molecule has 1 aliphatic rings. The second-order valence-corrected chi connectivity index (χ2v) is 3.61. The Bertz CT molecular complexity index is 361. The van der Waals surface area contributed by atoms with Crippen molar-refractivity contribution in [3.05, 3.63) is 38.9 Å².